The maximum atomic E-state index is 12.2. The number of nitrogens with zero attached hydrogens (tertiary/aromatic N) is 2. The minimum atomic E-state index is -4.47. The number of halogens is 4. The van der Waals surface area contributed by atoms with E-state index in [-0.39, 0.29) is 4.47 Å². The number of nitrogens with one attached hydrogen (secondary N) is 1. The van der Waals surface area contributed by atoms with Crippen molar-refractivity contribution in [3.05, 3.63) is 21.0 Å². The van der Waals surface area contributed by atoms with Crippen molar-refractivity contribution in [3.63, 3.8) is 0 Å². The lowest BCUT2D eigenvalue weighted by molar-refractivity contribution is -0.143. The maximum Gasteiger partial charge on any atom is 0.408 e. The Morgan fingerprint density at radius 2 is 2.11 bits per heavy atom. The van der Waals surface area contributed by atoms with Crippen molar-refractivity contribution >= 4 is 21.6 Å². The van der Waals surface area contributed by atoms with E-state index in [1.54, 1.807) is 0 Å². The van der Waals surface area contributed by atoms with Crippen LogP contribution in [0.4, 0.5) is 18.9 Å². The van der Waals surface area contributed by atoms with E-state index in [9.17, 15) is 18.0 Å². The number of anilines is 1. The summed E-state index contributed by atoms with van der Waals surface area (Å²) in [6.45, 7) is 3.15. The Hall–Kier alpha value is -1.05. The van der Waals surface area contributed by atoms with E-state index in [0.29, 0.717) is 22.8 Å². The standard InChI is InChI=1S/C10H13BrF3N3O/c1-6(2)3-15-7-4-16-17(5-10(12,13)14)9(18)8(7)11/h4,6,15H,3,5H2,1-2H3. The largest absolute Gasteiger partial charge is 0.408 e. The lowest BCUT2D eigenvalue weighted by atomic mass is 10.2. The second-order valence-electron chi connectivity index (χ2n) is 4.22. The molecule has 0 radical (unpaired) electrons. The molecule has 1 rings (SSSR count). The summed E-state index contributed by atoms with van der Waals surface area (Å²) >= 11 is 2.99. The van der Waals surface area contributed by atoms with E-state index in [4.69, 9.17) is 0 Å². The molecule has 8 heteroatoms. The first kappa shape index (κ1) is 15.0. The van der Waals surface area contributed by atoms with Gasteiger partial charge in [0.1, 0.15) is 11.0 Å². The van der Waals surface area contributed by atoms with Gasteiger partial charge in [0, 0.05) is 6.54 Å². The number of rotatable bonds is 4. The zero-order chi connectivity index (χ0) is 13.9. The van der Waals surface area contributed by atoms with Crippen molar-refractivity contribution in [3.8, 4) is 0 Å². The summed E-state index contributed by atoms with van der Waals surface area (Å²) in [4.78, 5) is 11.6. The van der Waals surface area contributed by atoms with Gasteiger partial charge in [0.25, 0.3) is 5.56 Å². The van der Waals surface area contributed by atoms with E-state index in [1.807, 2.05) is 13.8 Å². The second-order valence-corrected chi connectivity index (χ2v) is 5.02. The van der Waals surface area contributed by atoms with Gasteiger partial charge in [-0.25, -0.2) is 4.68 Å². The quantitative estimate of drug-likeness (QED) is 0.924. The van der Waals surface area contributed by atoms with Crippen LogP contribution in [-0.4, -0.2) is 22.5 Å². The van der Waals surface area contributed by atoms with Crippen molar-refractivity contribution in [2.75, 3.05) is 11.9 Å². The van der Waals surface area contributed by atoms with Crippen LogP contribution in [0.5, 0.6) is 0 Å². The monoisotopic (exact) mass is 327 g/mol. The summed E-state index contributed by atoms with van der Waals surface area (Å²) in [6, 6.07) is 0. The van der Waals surface area contributed by atoms with Crippen molar-refractivity contribution in [2.45, 2.75) is 26.6 Å². The van der Waals surface area contributed by atoms with Crippen molar-refractivity contribution in [2.24, 2.45) is 5.92 Å². The molecular formula is C10H13BrF3N3O. The number of alkyl halides is 3. The Kier molecular flexibility index (Phi) is 4.78. The van der Waals surface area contributed by atoms with Crippen LogP contribution >= 0.6 is 15.9 Å². The molecule has 0 aliphatic heterocycles. The molecule has 0 bridgehead atoms. The summed E-state index contributed by atoms with van der Waals surface area (Å²) in [6.07, 6.45) is -3.26. The molecule has 0 aromatic carbocycles. The van der Waals surface area contributed by atoms with Gasteiger partial charge in [-0.1, -0.05) is 13.8 Å². The molecule has 1 N–H and O–H groups in total. The topological polar surface area (TPSA) is 46.9 Å². The van der Waals surface area contributed by atoms with Gasteiger partial charge < -0.3 is 5.32 Å². The molecule has 0 spiro atoms. The van der Waals surface area contributed by atoms with E-state index in [0.717, 1.165) is 0 Å². The molecule has 0 saturated carbocycles. The molecule has 1 aromatic rings. The highest BCUT2D eigenvalue weighted by molar-refractivity contribution is 9.10. The summed E-state index contributed by atoms with van der Waals surface area (Å²) in [5.41, 5.74) is -0.409. The first-order valence-corrected chi connectivity index (χ1v) is 6.06. The van der Waals surface area contributed by atoms with Crippen LogP contribution < -0.4 is 10.9 Å². The molecule has 4 nitrogen and oxygen atoms in total. The predicted molar refractivity (Wildman–Crippen MR) is 65.6 cm³/mol. The fourth-order valence-corrected chi connectivity index (χ4v) is 1.63. The smallest absolute Gasteiger partial charge is 0.382 e. The molecular weight excluding hydrogens is 315 g/mol. The molecule has 0 aliphatic carbocycles. The Morgan fingerprint density at radius 1 is 1.50 bits per heavy atom. The summed E-state index contributed by atoms with van der Waals surface area (Å²) < 4.78 is 37.0. The second kappa shape index (κ2) is 5.73. The van der Waals surface area contributed by atoms with E-state index in [1.165, 1.54) is 6.20 Å². The van der Waals surface area contributed by atoms with Gasteiger partial charge in [-0.15, -0.1) is 0 Å². The van der Waals surface area contributed by atoms with E-state index >= 15 is 0 Å². The minimum Gasteiger partial charge on any atom is -0.382 e. The van der Waals surface area contributed by atoms with Crippen LogP contribution in [0.25, 0.3) is 0 Å². The highest BCUT2D eigenvalue weighted by atomic mass is 79.9. The molecule has 1 heterocycles. The highest BCUT2D eigenvalue weighted by Gasteiger charge is 2.29. The van der Waals surface area contributed by atoms with Crippen LogP contribution in [0.1, 0.15) is 13.8 Å². The molecule has 0 saturated heterocycles. The lowest BCUT2D eigenvalue weighted by Crippen LogP contribution is -2.31. The van der Waals surface area contributed by atoms with Gasteiger partial charge in [0.05, 0.1) is 11.9 Å². The van der Waals surface area contributed by atoms with Crippen LogP contribution in [0.3, 0.4) is 0 Å². The van der Waals surface area contributed by atoms with Gasteiger partial charge in [0.2, 0.25) is 0 Å². The molecule has 18 heavy (non-hydrogen) atoms. The normalized spacial score (nSPS) is 11.9. The van der Waals surface area contributed by atoms with E-state index in [2.05, 4.69) is 26.3 Å². The van der Waals surface area contributed by atoms with Crippen molar-refractivity contribution in [1.82, 2.24) is 9.78 Å². The Bertz CT molecular complexity index is 470. The Labute approximate surface area is 110 Å². The molecule has 0 unspecified atom stereocenters. The van der Waals surface area contributed by atoms with Crippen LogP contribution in [0, 0.1) is 5.92 Å². The van der Waals surface area contributed by atoms with Gasteiger partial charge in [-0.2, -0.15) is 18.3 Å². The van der Waals surface area contributed by atoms with Gasteiger partial charge in [-0.3, -0.25) is 4.79 Å². The zero-order valence-electron chi connectivity index (χ0n) is 9.88. The third-order valence-corrected chi connectivity index (χ3v) is 2.78. The first-order chi connectivity index (χ1) is 8.20. The van der Waals surface area contributed by atoms with Gasteiger partial charge >= 0.3 is 6.18 Å². The molecule has 0 aliphatic rings. The zero-order valence-corrected chi connectivity index (χ0v) is 11.5. The number of hydrogen-bond acceptors (Lipinski definition) is 3. The molecule has 0 amide bonds. The summed E-state index contributed by atoms with van der Waals surface area (Å²) in [7, 11) is 0. The van der Waals surface area contributed by atoms with Crippen molar-refractivity contribution in [1.29, 1.82) is 0 Å². The Morgan fingerprint density at radius 3 is 2.61 bits per heavy atom. The summed E-state index contributed by atoms with van der Waals surface area (Å²) in [5, 5.41) is 6.43. The third-order valence-electron chi connectivity index (χ3n) is 2.01. The fourth-order valence-electron chi connectivity index (χ4n) is 1.18. The van der Waals surface area contributed by atoms with Gasteiger partial charge in [0.15, 0.2) is 0 Å². The average molecular weight is 328 g/mol. The van der Waals surface area contributed by atoms with Crippen LogP contribution in [-0.2, 0) is 6.54 Å². The first-order valence-electron chi connectivity index (χ1n) is 5.27. The Balaban J connectivity index is 2.95. The van der Waals surface area contributed by atoms with Gasteiger partial charge in [-0.05, 0) is 21.8 Å². The predicted octanol–water partition coefficient (Wildman–Crippen LogP) is 2.64. The highest BCUT2D eigenvalue weighted by Crippen LogP contribution is 2.19. The van der Waals surface area contributed by atoms with Crippen molar-refractivity contribution < 1.29 is 13.2 Å². The molecule has 102 valence electrons. The maximum absolute atomic E-state index is 12.2. The van der Waals surface area contributed by atoms with E-state index < -0.39 is 18.3 Å². The SMILES string of the molecule is CC(C)CNc1cnn(CC(F)(F)F)c(=O)c1Br. The average Bonchev–Trinajstić information content (AvgIpc) is 2.22. The number of aromatic nitrogens is 2. The lowest BCUT2D eigenvalue weighted by Gasteiger charge is -2.12. The molecule has 0 atom stereocenters. The van der Waals surface area contributed by atoms with Crippen LogP contribution in [0.15, 0.2) is 15.5 Å². The fraction of sp³-hybridized carbons (Fsp3) is 0.600. The third kappa shape index (κ3) is 4.32. The number of hydrogen-bond donors (Lipinski definition) is 1. The molecule has 0 fully saturated rings. The summed E-state index contributed by atoms with van der Waals surface area (Å²) in [5.74, 6) is 0.342. The van der Waals surface area contributed by atoms with Crippen LogP contribution in [0.2, 0.25) is 0 Å². The molecule has 1 aromatic heterocycles. The minimum absolute atomic E-state index is 0.0578.